The minimum atomic E-state index is -2.73. The van der Waals surface area contributed by atoms with Gasteiger partial charge in [-0.25, -0.2) is 8.42 Å². The van der Waals surface area contributed by atoms with E-state index >= 15 is 0 Å². The zero-order chi connectivity index (χ0) is 10.9. The number of hydrogen-bond acceptors (Lipinski definition) is 2. The number of aryl methyl sites for hydroxylation is 1. The largest absolute Gasteiger partial charge is 0.350 e. The lowest BCUT2D eigenvalue weighted by atomic mass is 10.3. The van der Waals surface area contributed by atoms with Gasteiger partial charge in [0.2, 0.25) is 0 Å². The van der Waals surface area contributed by atoms with Gasteiger partial charge in [-0.1, -0.05) is 0 Å². The summed E-state index contributed by atoms with van der Waals surface area (Å²) in [5.41, 5.74) is 1.27. The van der Waals surface area contributed by atoms with Gasteiger partial charge in [-0.3, -0.25) is 0 Å². The van der Waals surface area contributed by atoms with Crippen molar-refractivity contribution in [3.63, 3.8) is 0 Å². The molecule has 0 bridgehead atoms. The fourth-order valence-electron chi connectivity index (χ4n) is 1.94. The van der Waals surface area contributed by atoms with Gasteiger partial charge in [0.15, 0.2) is 9.84 Å². The number of sulfone groups is 1. The van der Waals surface area contributed by atoms with Crippen LogP contribution in [0, 0.1) is 0 Å². The summed E-state index contributed by atoms with van der Waals surface area (Å²) in [6.07, 6.45) is 2.02. The van der Waals surface area contributed by atoms with E-state index in [2.05, 4.69) is 10.6 Å². The molecule has 1 aliphatic heterocycles. The number of nitrogens with zero attached hydrogens (tertiary/aromatic N) is 1. The van der Waals surface area contributed by atoms with Crippen molar-refractivity contribution in [2.45, 2.75) is 6.54 Å². The minimum absolute atomic E-state index is 0.340. The van der Waals surface area contributed by atoms with Crippen LogP contribution in [-0.4, -0.2) is 37.6 Å². The van der Waals surface area contributed by atoms with Crippen LogP contribution >= 0.6 is 0 Å². The Morgan fingerprint density at radius 2 is 2.07 bits per heavy atom. The predicted molar refractivity (Wildman–Crippen MR) is 58.5 cm³/mol. The molecular weight excluding hydrogens is 212 g/mol. The summed E-state index contributed by atoms with van der Waals surface area (Å²) >= 11 is 0. The molecule has 2 heterocycles. The van der Waals surface area contributed by atoms with E-state index in [1.165, 1.54) is 10.6 Å². The van der Waals surface area contributed by atoms with Crippen molar-refractivity contribution in [3.05, 3.63) is 24.0 Å². The molecule has 15 heavy (non-hydrogen) atoms. The van der Waals surface area contributed by atoms with E-state index in [0.29, 0.717) is 11.5 Å². The summed E-state index contributed by atoms with van der Waals surface area (Å²) < 4.78 is 24.6. The summed E-state index contributed by atoms with van der Waals surface area (Å²) in [5, 5.41) is 0. The van der Waals surface area contributed by atoms with Crippen molar-refractivity contribution < 1.29 is 13.3 Å². The Kier molecular flexibility index (Phi) is 2.84. The van der Waals surface area contributed by atoms with E-state index < -0.39 is 9.84 Å². The molecule has 1 aromatic heterocycles. The van der Waals surface area contributed by atoms with E-state index in [-0.39, 0.29) is 0 Å². The number of quaternary nitrogens is 1. The lowest BCUT2D eigenvalue weighted by Gasteiger charge is -2.23. The molecule has 0 atom stereocenters. The van der Waals surface area contributed by atoms with E-state index in [1.807, 2.05) is 19.3 Å². The highest BCUT2D eigenvalue weighted by Gasteiger charge is 2.24. The van der Waals surface area contributed by atoms with Gasteiger partial charge in [-0.15, -0.1) is 0 Å². The molecule has 2 rings (SSSR count). The standard InChI is InChI=1S/C10H16N2O2S/c1-11-4-2-3-10(11)9-12-5-7-15(13,14)8-6-12/h2-4H,5-9H2,1H3/p+1. The number of aromatic nitrogens is 1. The third kappa shape index (κ3) is 2.60. The molecule has 1 aliphatic rings. The lowest BCUT2D eigenvalue weighted by Crippen LogP contribution is -3.13. The quantitative estimate of drug-likeness (QED) is 0.695. The highest BCUT2D eigenvalue weighted by molar-refractivity contribution is 7.91. The second kappa shape index (κ2) is 3.98. The first-order chi connectivity index (χ1) is 7.07. The Balaban J connectivity index is 1.96. The third-order valence-corrected chi connectivity index (χ3v) is 4.67. The van der Waals surface area contributed by atoms with E-state index in [0.717, 1.165) is 19.6 Å². The molecule has 0 saturated carbocycles. The van der Waals surface area contributed by atoms with Crippen molar-refractivity contribution in [3.8, 4) is 0 Å². The third-order valence-electron chi connectivity index (χ3n) is 3.02. The monoisotopic (exact) mass is 229 g/mol. The van der Waals surface area contributed by atoms with Crippen LogP contribution in [0.1, 0.15) is 5.69 Å². The topological polar surface area (TPSA) is 43.5 Å². The second-order valence-corrected chi connectivity index (χ2v) is 6.49. The van der Waals surface area contributed by atoms with Crippen LogP contribution in [0.25, 0.3) is 0 Å². The zero-order valence-corrected chi connectivity index (χ0v) is 9.76. The highest BCUT2D eigenvalue weighted by atomic mass is 32.2. The molecule has 1 fully saturated rings. The molecule has 0 amide bonds. The highest BCUT2D eigenvalue weighted by Crippen LogP contribution is 1.98. The van der Waals surface area contributed by atoms with Crippen LogP contribution in [0.4, 0.5) is 0 Å². The number of nitrogens with one attached hydrogen (secondary N) is 1. The van der Waals surface area contributed by atoms with E-state index in [9.17, 15) is 8.42 Å². The Morgan fingerprint density at radius 3 is 2.60 bits per heavy atom. The molecular formula is C10H17N2O2S+. The maximum Gasteiger partial charge on any atom is 0.161 e. The van der Waals surface area contributed by atoms with E-state index in [1.54, 1.807) is 0 Å². The van der Waals surface area contributed by atoms with Gasteiger partial charge in [-0.05, 0) is 12.1 Å². The molecule has 1 aromatic rings. The van der Waals surface area contributed by atoms with Crippen molar-refractivity contribution in [1.29, 1.82) is 0 Å². The van der Waals surface area contributed by atoms with Crippen molar-refractivity contribution in [2.75, 3.05) is 24.6 Å². The molecule has 4 nitrogen and oxygen atoms in total. The number of hydrogen-bond donors (Lipinski definition) is 1. The minimum Gasteiger partial charge on any atom is -0.350 e. The van der Waals surface area contributed by atoms with Gasteiger partial charge < -0.3 is 9.47 Å². The molecule has 0 radical (unpaired) electrons. The maximum atomic E-state index is 11.2. The van der Waals surface area contributed by atoms with Gasteiger partial charge in [0.25, 0.3) is 0 Å². The van der Waals surface area contributed by atoms with Crippen molar-refractivity contribution in [1.82, 2.24) is 4.57 Å². The molecule has 0 aromatic carbocycles. The molecule has 5 heteroatoms. The van der Waals surface area contributed by atoms with Crippen LogP contribution in [0.15, 0.2) is 18.3 Å². The van der Waals surface area contributed by atoms with Crippen LogP contribution in [0.2, 0.25) is 0 Å². The zero-order valence-electron chi connectivity index (χ0n) is 8.94. The maximum absolute atomic E-state index is 11.2. The molecule has 1 N–H and O–H groups in total. The van der Waals surface area contributed by atoms with Crippen molar-refractivity contribution >= 4 is 9.84 Å². The first-order valence-electron chi connectivity index (χ1n) is 5.21. The van der Waals surface area contributed by atoms with Gasteiger partial charge in [-0.2, -0.15) is 0 Å². The first-order valence-corrected chi connectivity index (χ1v) is 7.03. The summed E-state index contributed by atoms with van der Waals surface area (Å²) in [5.74, 6) is 0.680. The van der Waals surface area contributed by atoms with Gasteiger partial charge in [0.05, 0.1) is 30.3 Å². The number of rotatable bonds is 2. The average Bonchev–Trinajstić information content (AvgIpc) is 2.56. The molecule has 84 valence electrons. The van der Waals surface area contributed by atoms with Gasteiger partial charge in [0.1, 0.15) is 6.54 Å². The Labute approximate surface area is 90.4 Å². The van der Waals surface area contributed by atoms with Crippen LogP contribution in [0.3, 0.4) is 0 Å². The fraction of sp³-hybridized carbons (Fsp3) is 0.600. The average molecular weight is 229 g/mol. The van der Waals surface area contributed by atoms with Crippen LogP contribution in [0.5, 0.6) is 0 Å². The molecule has 0 aliphatic carbocycles. The predicted octanol–water partition coefficient (Wildman–Crippen LogP) is -1.16. The molecule has 1 saturated heterocycles. The fourth-order valence-corrected chi connectivity index (χ4v) is 3.34. The SMILES string of the molecule is Cn1cccc1C[NH+]1CCS(=O)(=O)CC1. The smallest absolute Gasteiger partial charge is 0.161 e. The Hall–Kier alpha value is -0.810. The van der Waals surface area contributed by atoms with Crippen molar-refractivity contribution in [2.24, 2.45) is 7.05 Å². The normalized spacial score (nSPS) is 21.7. The summed E-state index contributed by atoms with van der Waals surface area (Å²) in [6.45, 7) is 2.42. The summed E-state index contributed by atoms with van der Waals surface area (Å²) in [4.78, 5) is 1.37. The van der Waals surface area contributed by atoms with E-state index in [4.69, 9.17) is 0 Å². The van der Waals surface area contributed by atoms with Crippen LogP contribution < -0.4 is 4.90 Å². The first kappa shape index (κ1) is 10.7. The molecule has 0 unspecified atom stereocenters. The lowest BCUT2D eigenvalue weighted by molar-refractivity contribution is -0.910. The molecule has 0 spiro atoms. The Bertz CT molecular complexity index is 422. The van der Waals surface area contributed by atoms with Crippen LogP contribution in [-0.2, 0) is 23.4 Å². The Morgan fingerprint density at radius 1 is 1.40 bits per heavy atom. The summed E-state index contributed by atoms with van der Waals surface area (Å²) in [7, 11) is -0.709. The second-order valence-electron chi connectivity index (χ2n) is 4.19. The summed E-state index contributed by atoms with van der Waals surface area (Å²) in [6, 6.07) is 4.12. The van der Waals surface area contributed by atoms with Gasteiger partial charge in [0, 0.05) is 13.2 Å². The van der Waals surface area contributed by atoms with Gasteiger partial charge >= 0.3 is 0 Å².